The quantitative estimate of drug-likeness (QED) is 0.809. The average Bonchev–Trinajstić information content (AvgIpc) is 2.29. The Labute approximate surface area is 106 Å². The van der Waals surface area contributed by atoms with Gasteiger partial charge in [-0.2, -0.15) is 0 Å². The van der Waals surface area contributed by atoms with Gasteiger partial charge >= 0.3 is 5.97 Å². The molecule has 0 aliphatic heterocycles. The van der Waals surface area contributed by atoms with E-state index in [9.17, 15) is 13.2 Å². The number of nitrogens with one attached hydrogen (secondary N) is 1. The number of aromatic carboxylic acids is 1. The first kappa shape index (κ1) is 14.5. The zero-order valence-electron chi connectivity index (χ0n) is 10.1. The maximum absolute atomic E-state index is 11.7. The standard InChI is InChI=1S/C11H15NO5S/c1-8-9(11(13)14)4-3-5-10(8)12-18(15,16)7-6-17-2/h3-5,12H,6-7H2,1-2H3,(H,13,14). The fraction of sp³-hybridized carbons (Fsp3) is 0.364. The molecule has 1 aromatic carbocycles. The number of hydrogen-bond donors (Lipinski definition) is 2. The molecule has 18 heavy (non-hydrogen) atoms. The monoisotopic (exact) mass is 273 g/mol. The molecule has 0 saturated heterocycles. The summed E-state index contributed by atoms with van der Waals surface area (Å²) in [5.74, 6) is -1.27. The van der Waals surface area contributed by atoms with Crippen LogP contribution in [0.25, 0.3) is 0 Å². The highest BCUT2D eigenvalue weighted by Crippen LogP contribution is 2.20. The molecule has 1 rings (SSSR count). The molecular formula is C11H15NO5S. The van der Waals surface area contributed by atoms with E-state index in [1.807, 2.05) is 0 Å². The Morgan fingerprint density at radius 3 is 2.67 bits per heavy atom. The highest BCUT2D eigenvalue weighted by molar-refractivity contribution is 7.92. The molecule has 0 radical (unpaired) electrons. The van der Waals surface area contributed by atoms with Crippen LogP contribution >= 0.6 is 0 Å². The number of carboxylic acid groups (broad SMARTS) is 1. The zero-order chi connectivity index (χ0) is 13.8. The Bertz CT molecular complexity index is 538. The van der Waals surface area contributed by atoms with E-state index in [0.717, 1.165) is 0 Å². The molecule has 0 atom stereocenters. The van der Waals surface area contributed by atoms with Crippen molar-refractivity contribution in [1.29, 1.82) is 0 Å². The molecule has 7 heteroatoms. The van der Waals surface area contributed by atoms with Crippen molar-refractivity contribution >= 4 is 21.7 Å². The smallest absolute Gasteiger partial charge is 0.336 e. The lowest BCUT2D eigenvalue weighted by Crippen LogP contribution is -2.20. The van der Waals surface area contributed by atoms with Crippen LogP contribution in [0.4, 0.5) is 5.69 Å². The zero-order valence-corrected chi connectivity index (χ0v) is 11.0. The van der Waals surface area contributed by atoms with Crippen molar-refractivity contribution in [2.24, 2.45) is 0 Å². The number of sulfonamides is 1. The second kappa shape index (κ2) is 5.83. The summed E-state index contributed by atoms with van der Waals surface area (Å²) in [5.41, 5.74) is 0.721. The Kier molecular flexibility index (Phi) is 4.69. The molecule has 0 spiro atoms. The molecule has 6 nitrogen and oxygen atoms in total. The summed E-state index contributed by atoms with van der Waals surface area (Å²) in [6, 6.07) is 4.43. The largest absolute Gasteiger partial charge is 0.478 e. The number of anilines is 1. The summed E-state index contributed by atoms with van der Waals surface area (Å²) < 4.78 is 30.3. The summed E-state index contributed by atoms with van der Waals surface area (Å²) in [7, 11) is -2.12. The first-order valence-electron chi connectivity index (χ1n) is 5.19. The highest BCUT2D eigenvalue weighted by atomic mass is 32.2. The van der Waals surface area contributed by atoms with Gasteiger partial charge < -0.3 is 9.84 Å². The van der Waals surface area contributed by atoms with Crippen LogP contribution in [0.2, 0.25) is 0 Å². The summed E-state index contributed by atoms with van der Waals surface area (Å²) in [4.78, 5) is 10.9. The topological polar surface area (TPSA) is 92.7 Å². The van der Waals surface area contributed by atoms with Crippen molar-refractivity contribution in [2.45, 2.75) is 6.92 Å². The van der Waals surface area contributed by atoms with Gasteiger partial charge in [-0.05, 0) is 24.6 Å². The molecule has 0 aliphatic carbocycles. The molecule has 0 fully saturated rings. The van der Waals surface area contributed by atoms with Crippen LogP contribution < -0.4 is 4.72 Å². The Balaban J connectivity index is 2.98. The van der Waals surface area contributed by atoms with Gasteiger partial charge in [0.15, 0.2) is 0 Å². The first-order valence-corrected chi connectivity index (χ1v) is 6.85. The average molecular weight is 273 g/mol. The lowest BCUT2D eigenvalue weighted by Gasteiger charge is -2.11. The third-order valence-corrected chi connectivity index (χ3v) is 3.62. The number of ether oxygens (including phenoxy) is 1. The molecule has 0 saturated carbocycles. The number of benzene rings is 1. The highest BCUT2D eigenvalue weighted by Gasteiger charge is 2.15. The van der Waals surface area contributed by atoms with E-state index in [1.54, 1.807) is 6.92 Å². The van der Waals surface area contributed by atoms with Gasteiger partial charge in [0.1, 0.15) is 0 Å². The van der Waals surface area contributed by atoms with Gasteiger partial charge in [0.2, 0.25) is 10.0 Å². The molecule has 2 N–H and O–H groups in total. The SMILES string of the molecule is COCCS(=O)(=O)Nc1cccc(C(=O)O)c1C. The molecule has 0 heterocycles. The van der Waals surface area contributed by atoms with Crippen molar-refractivity contribution in [3.05, 3.63) is 29.3 Å². The van der Waals surface area contributed by atoms with Gasteiger partial charge in [-0.15, -0.1) is 0 Å². The van der Waals surface area contributed by atoms with Gasteiger partial charge in [0.05, 0.1) is 23.6 Å². The molecule has 0 aliphatic rings. The van der Waals surface area contributed by atoms with Gasteiger partial charge in [0.25, 0.3) is 0 Å². The van der Waals surface area contributed by atoms with Crippen molar-refractivity contribution in [3.8, 4) is 0 Å². The summed E-state index contributed by atoms with van der Waals surface area (Å²) >= 11 is 0. The Morgan fingerprint density at radius 2 is 2.11 bits per heavy atom. The van der Waals surface area contributed by atoms with Gasteiger partial charge in [0, 0.05) is 7.11 Å². The van der Waals surface area contributed by atoms with E-state index >= 15 is 0 Å². The van der Waals surface area contributed by atoms with Crippen LogP contribution in [-0.4, -0.2) is 39.0 Å². The number of carboxylic acids is 1. The third-order valence-electron chi connectivity index (χ3n) is 2.39. The summed E-state index contributed by atoms with van der Waals surface area (Å²) in [5, 5.41) is 8.93. The molecule has 0 amide bonds. The van der Waals surface area contributed by atoms with Crippen molar-refractivity contribution in [2.75, 3.05) is 24.2 Å². The minimum atomic E-state index is -3.53. The van der Waals surface area contributed by atoms with Crippen molar-refractivity contribution in [1.82, 2.24) is 0 Å². The number of carbonyl (C=O) groups is 1. The van der Waals surface area contributed by atoms with Crippen LogP contribution in [0.5, 0.6) is 0 Å². The number of hydrogen-bond acceptors (Lipinski definition) is 4. The van der Waals surface area contributed by atoms with Gasteiger partial charge in [-0.3, -0.25) is 4.72 Å². The molecule has 0 aromatic heterocycles. The van der Waals surface area contributed by atoms with Crippen LogP contribution in [0.15, 0.2) is 18.2 Å². The molecule has 0 unspecified atom stereocenters. The van der Waals surface area contributed by atoms with E-state index in [1.165, 1.54) is 25.3 Å². The maximum Gasteiger partial charge on any atom is 0.336 e. The van der Waals surface area contributed by atoms with E-state index < -0.39 is 16.0 Å². The second-order valence-electron chi connectivity index (χ2n) is 3.70. The third kappa shape index (κ3) is 3.71. The lowest BCUT2D eigenvalue weighted by atomic mass is 10.1. The van der Waals surface area contributed by atoms with Crippen LogP contribution in [0, 0.1) is 6.92 Å². The fourth-order valence-corrected chi connectivity index (χ4v) is 2.43. The van der Waals surface area contributed by atoms with Crippen LogP contribution in [0.3, 0.4) is 0 Å². The molecular weight excluding hydrogens is 258 g/mol. The second-order valence-corrected chi connectivity index (χ2v) is 5.54. The van der Waals surface area contributed by atoms with E-state index in [2.05, 4.69) is 4.72 Å². The first-order chi connectivity index (χ1) is 8.37. The van der Waals surface area contributed by atoms with E-state index in [4.69, 9.17) is 9.84 Å². The molecule has 1 aromatic rings. The van der Waals surface area contributed by atoms with Crippen LogP contribution in [-0.2, 0) is 14.8 Å². The minimum Gasteiger partial charge on any atom is -0.478 e. The van der Waals surface area contributed by atoms with Gasteiger partial charge in [-0.25, -0.2) is 13.2 Å². The normalized spacial score (nSPS) is 11.2. The Morgan fingerprint density at radius 1 is 1.44 bits per heavy atom. The number of rotatable bonds is 6. The minimum absolute atomic E-state index is 0.0712. The van der Waals surface area contributed by atoms with Gasteiger partial charge in [-0.1, -0.05) is 6.07 Å². The summed E-state index contributed by atoms with van der Waals surface area (Å²) in [6.07, 6.45) is 0. The molecule has 100 valence electrons. The van der Waals surface area contributed by atoms with E-state index in [-0.39, 0.29) is 23.6 Å². The van der Waals surface area contributed by atoms with E-state index in [0.29, 0.717) is 5.56 Å². The number of methoxy groups -OCH3 is 1. The van der Waals surface area contributed by atoms with Crippen molar-refractivity contribution < 1.29 is 23.1 Å². The summed E-state index contributed by atoms with van der Waals surface area (Å²) in [6.45, 7) is 1.63. The predicted octanol–water partition coefficient (Wildman–Crippen LogP) is 1.08. The van der Waals surface area contributed by atoms with Crippen molar-refractivity contribution in [3.63, 3.8) is 0 Å². The Hall–Kier alpha value is -1.60. The predicted molar refractivity (Wildman–Crippen MR) is 67.4 cm³/mol. The molecule has 0 bridgehead atoms. The fourth-order valence-electron chi connectivity index (χ4n) is 1.39. The maximum atomic E-state index is 11.7. The lowest BCUT2D eigenvalue weighted by molar-refractivity contribution is 0.0696. The van der Waals surface area contributed by atoms with Crippen LogP contribution in [0.1, 0.15) is 15.9 Å².